The molecule has 0 aliphatic rings. The average Bonchev–Trinajstić information content (AvgIpc) is 2.17. The Balaban J connectivity index is 2.78. The van der Waals surface area contributed by atoms with E-state index in [1.54, 1.807) is 35.0 Å². The highest BCUT2D eigenvalue weighted by atomic mass is 127. The number of hydrogen-bond acceptors (Lipinski definition) is 1. The van der Waals surface area contributed by atoms with Crippen molar-refractivity contribution in [3.63, 3.8) is 0 Å². The van der Waals surface area contributed by atoms with E-state index in [1.165, 1.54) is 0 Å². The lowest BCUT2D eigenvalue weighted by molar-refractivity contribution is 0.255. The van der Waals surface area contributed by atoms with Crippen molar-refractivity contribution in [3.8, 4) is 0 Å². The highest BCUT2D eigenvalue weighted by Crippen LogP contribution is 2.15. The van der Waals surface area contributed by atoms with Crippen LogP contribution < -0.4 is 7.95 Å². The lowest BCUT2D eigenvalue weighted by Gasteiger charge is -2.11. The van der Waals surface area contributed by atoms with Gasteiger partial charge in [0.1, 0.15) is 0 Å². The first kappa shape index (κ1) is 9.60. The molecule has 5 heteroatoms. The molecule has 0 fully saturated rings. The topological polar surface area (TPSA) is 32.3 Å². The van der Waals surface area contributed by atoms with Crippen molar-refractivity contribution in [1.29, 1.82) is 0 Å². The summed E-state index contributed by atoms with van der Waals surface area (Å²) in [5.74, 6) is 0. The molecule has 1 aromatic carbocycles. The van der Waals surface area contributed by atoms with Crippen molar-refractivity contribution in [3.05, 3.63) is 30.3 Å². The number of urea groups is 1. The maximum absolute atomic E-state index is 11.0. The molecule has 1 aromatic rings. The zero-order valence-corrected chi connectivity index (χ0v) is 8.91. The fourth-order valence-corrected chi connectivity index (χ4v) is 1.25. The molecule has 0 aliphatic heterocycles. The quantitative estimate of drug-likeness (QED) is 0.627. The molecule has 0 saturated heterocycles. The fourth-order valence-electron chi connectivity index (χ4n) is 0.713. The molecule has 0 unspecified atom stereocenters. The summed E-state index contributed by atoms with van der Waals surface area (Å²) in [5, 5.41) is 0. The number of para-hydroxylation sites is 1. The molecule has 3 nitrogen and oxygen atoms in total. The number of hydrogen-bond donors (Lipinski definition) is 1. The Labute approximate surface area is 89.3 Å². The molecule has 0 radical (unpaired) electrons. The molecular weight excluding hydrogens is 290 g/mol. The predicted molar refractivity (Wildman–Crippen MR) is 57.3 cm³/mol. The van der Waals surface area contributed by atoms with E-state index in [0.717, 1.165) is 4.42 Å². The van der Waals surface area contributed by atoms with Crippen LogP contribution in [0.15, 0.2) is 30.3 Å². The van der Waals surface area contributed by atoms with E-state index >= 15 is 0 Å². The van der Waals surface area contributed by atoms with Crippen molar-refractivity contribution in [2.75, 3.05) is 4.42 Å². The van der Waals surface area contributed by atoms with Gasteiger partial charge in [0.25, 0.3) is 0 Å². The van der Waals surface area contributed by atoms with Gasteiger partial charge in [0.2, 0.25) is 0 Å². The second kappa shape index (κ2) is 4.51. The third-order valence-corrected chi connectivity index (χ3v) is 2.05. The summed E-state index contributed by atoms with van der Waals surface area (Å²) < 4.78 is 3.41. The molecule has 2 amide bonds. The zero-order valence-electron chi connectivity index (χ0n) is 6.00. The Hall–Kier alpha value is -0.490. The van der Waals surface area contributed by atoms with Gasteiger partial charge in [-0.25, -0.2) is 9.21 Å². The van der Waals surface area contributed by atoms with Crippen molar-refractivity contribution in [2.45, 2.75) is 0 Å². The highest BCUT2D eigenvalue weighted by molar-refractivity contribution is 14.1. The van der Waals surface area contributed by atoms with E-state index in [0.29, 0.717) is 5.69 Å². The van der Waals surface area contributed by atoms with Crippen molar-refractivity contribution in [1.82, 2.24) is 3.53 Å². The summed E-state index contributed by atoms with van der Waals surface area (Å²) in [6.07, 6.45) is 0. The molecular formula is C7H6ClIN2O. The number of halogens is 2. The number of anilines is 1. The van der Waals surface area contributed by atoms with E-state index in [4.69, 9.17) is 11.8 Å². The average molecular weight is 296 g/mol. The van der Waals surface area contributed by atoms with Gasteiger partial charge in [0, 0.05) is 11.8 Å². The molecule has 64 valence electrons. The molecule has 0 spiro atoms. The molecule has 1 rings (SSSR count). The minimum atomic E-state index is -0.358. The lowest BCUT2D eigenvalue weighted by atomic mass is 10.3. The Morgan fingerprint density at radius 2 is 2.00 bits per heavy atom. The number of rotatable bonds is 1. The molecule has 0 saturated carbocycles. The third kappa shape index (κ3) is 2.25. The van der Waals surface area contributed by atoms with Gasteiger partial charge in [-0.15, -0.1) is 0 Å². The second-order valence-electron chi connectivity index (χ2n) is 2.02. The largest absolute Gasteiger partial charge is 0.345 e. The van der Waals surface area contributed by atoms with Gasteiger partial charge < -0.3 is 0 Å². The van der Waals surface area contributed by atoms with Crippen LogP contribution in [0.3, 0.4) is 0 Å². The van der Waals surface area contributed by atoms with Crippen LogP contribution in [-0.4, -0.2) is 6.03 Å². The van der Waals surface area contributed by atoms with Gasteiger partial charge in [0.05, 0.1) is 28.6 Å². The normalized spacial score (nSPS) is 9.17. The van der Waals surface area contributed by atoms with Crippen LogP contribution in [0.1, 0.15) is 0 Å². The van der Waals surface area contributed by atoms with E-state index in [-0.39, 0.29) is 6.03 Å². The Kier molecular flexibility index (Phi) is 3.61. The van der Waals surface area contributed by atoms with E-state index < -0.39 is 0 Å². The van der Waals surface area contributed by atoms with Gasteiger partial charge in [-0.3, -0.25) is 3.53 Å². The SMILES string of the molecule is O=C(NI)N(Cl)c1ccccc1. The smallest absolute Gasteiger partial charge is 0.279 e. The first-order chi connectivity index (χ1) is 5.75. The minimum absolute atomic E-state index is 0.358. The predicted octanol–water partition coefficient (Wildman–Crippen LogP) is 2.71. The van der Waals surface area contributed by atoms with E-state index in [9.17, 15) is 4.79 Å². The van der Waals surface area contributed by atoms with Crippen LogP contribution in [0.25, 0.3) is 0 Å². The zero-order chi connectivity index (χ0) is 8.97. The molecule has 12 heavy (non-hydrogen) atoms. The van der Waals surface area contributed by atoms with E-state index in [2.05, 4.69) is 3.53 Å². The maximum Gasteiger partial charge on any atom is 0.345 e. The summed E-state index contributed by atoms with van der Waals surface area (Å²) in [7, 11) is 0. The molecule has 0 bridgehead atoms. The molecule has 0 aromatic heterocycles. The molecule has 0 atom stereocenters. The number of amides is 2. The van der Waals surface area contributed by atoms with Crippen LogP contribution >= 0.6 is 34.6 Å². The number of nitrogens with one attached hydrogen (secondary N) is 1. The van der Waals surface area contributed by atoms with Crippen molar-refractivity contribution < 1.29 is 4.79 Å². The Morgan fingerprint density at radius 3 is 2.50 bits per heavy atom. The van der Waals surface area contributed by atoms with Crippen LogP contribution in [0.5, 0.6) is 0 Å². The lowest BCUT2D eigenvalue weighted by Crippen LogP contribution is -2.26. The fraction of sp³-hybridized carbons (Fsp3) is 0. The first-order valence-corrected chi connectivity index (χ1v) is 4.59. The highest BCUT2D eigenvalue weighted by Gasteiger charge is 2.10. The first-order valence-electron chi connectivity index (χ1n) is 3.17. The van der Waals surface area contributed by atoms with Crippen molar-refractivity contribution >= 4 is 46.4 Å². The number of carbonyl (C=O) groups is 1. The van der Waals surface area contributed by atoms with Gasteiger partial charge in [-0.2, -0.15) is 0 Å². The Bertz CT molecular complexity index is 267. The third-order valence-electron chi connectivity index (χ3n) is 1.24. The molecule has 0 heterocycles. The summed E-state index contributed by atoms with van der Waals surface area (Å²) >= 11 is 7.40. The maximum atomic E-state index is 11.0. The summed E-state index contributed by atoms with van der Waals surface area (Å²) in [4.78, 5) is 11.0. The van der Waals surface area contributed by atoms with Crippen LogP contribution in [0.4, 0.5) is 10.5 Å². The number of carbonyl (C=O) groups excluding carboxylic acids is 1. The standard InChI is InChI=1S/C7H6ClIN2O/c8-11(7(12)10-9)6-4-2-1-3-5-6/h1-5H,(H,10,12). The van der Waals surface area contributed by atoms with Gasteiger partial charge in [-0.05, 0) is 12.1 Å². The molecule has 1 N–H and O–H groups in total. The van der Waals surface area contributed by atoms with E-state index in [1.807, 2.05) is 18.2 Å². The Morgan fingerprint density at radius 1 is 1.42 bits per heavy atom. The van der Waals surface area contributed by atoms with Crippen LogP contribution in [0.2, 0.25) is 0 Å². The van der Waals surface area contributed by atoms with Gasteiger partial charge >= 0.3 is 6.03 Å². The summed E-state index contributed by atoms with van der Waals surface area (Å²) in [5.41, 5.74) is 0.647. The van der Waals surface area contributed by atoms with Crippen LogP contribution in [-0.2, 0) is 0 Å². The number of nitrogens with zero attached hydrogens (tertiary/aromatic N) is 1. The summed E-state index contributed by atoms with van der Waals surface area (Å²) in [6.45, 7) is 0. The monoisotopic (exact) mass is 296 g/mol. The van der Waals surface area contributed by atoms with Gasteiger partial charge in [0.15, 0.2) is 0 Å². The van der Waals surface area contributed by atoms with Crippen LogP contribution in [0, 0.1) is 0 Å². The number of benzene rings is 1. The van der Waals surface area contributed by atoms with Gasteiger partial charge in [-0.1, -0.05) is 18.2 Å². The second-order valence-corrected chi connectivity index (χ2v) is 2.89. The van der Waals surface area contributed by atoms with Crippen molar-refractivity contribution in [2.24, 2.45) is 0 Å². The molecule has 0 aliphatic carbocycles. The minimum Gasteiger partial charge on any atom is -0.279 e. The summed E-state index contributed by atoms with van der Waals surface area (Å²) in [6, 6.07) is 8.62.